The molecule has 0 atom stereocenters. The number of fused-ring (bicyclic) bond motifs is 1. The molecular formula is C16H24N2O. The molecule has 2 rings (SSSR count). The van der Waals surface area contributed by atoms with Crippen LogP contribution in [0.3, 0.4) is 0 Å². The van der Waals surface area contributed by atoms with Gasteiger partial charge in [-0.1, -0.05) is 31.0 Å². The van der Waals surface area contributed by atoms with Crippen LogP contribution in [0.15, 0.2) is 30.5 Å². The molecule has 19 heavy (non-hydrogen) atoms. The van der Waals surface area contributed by atoms with Crippen molar-refractivity contribution in [3.8, 4) is 0 Å². The van der Waals surface area contributed by atoms with Crippen molar-refractivity contribution in [3.05, 3.63) is 36.0 Å². The van der Waals surface area contributed by atoms with Crippen molar-refractivity contribution in [1.82, 2.24) is 9.88 Å². The van der Waals surface area contributed by atoms with Gasteiger partial charge in [0.1, 0.15) is 0 Å². The summed E-state index contributed by atoms with van der Waals surface area (Å²) in [5.41, 5.74) is 2.66. The molecule has 0 saturated heterocycles. The van der Waals surface area contributed by atoms with Gasteiger partial charge in [0.25, 0.3) is 0 Å². The number of nitrogens with zero attached hydrogens (tertiary/aromatic N) is 1. The number of rotatable bonds is 8. The third-order valence-electron chi connectivity index (χ3n) is 3.56. The van der Waals surface area contributed by atoms with Crippen LogP contribution in [-0.2, 0) is 13.6 Å². The zero-order valence-corrected chi connectivity index (χ0v) is 11.7. The Bertz CT molecular complexity index is 504. The fourth-order valence-electron chi connectivity index (χ4n) is 2.50. The minimum Gasteiger partial charge on any atom is -0.396 e. The Labute approximate surface area is 115 Å². The highest BCUT2D eigenvalue weighted by atomic mass is 16.2. The summed E-state index contributed by atoms with van der Waals surface area (Å²) in [5, 5.41) is 13.6. The van der Waals surface area contributed by atoms with Gasteiger partial charge in [-0.25, -0.2) is 0 Å². The number of benzene rings is 1. The van der Waals surface area contributed by atoms with Gasteiger partial charge in [-0.05, 0) is 31.0 Å². The van der Waals surface area contributed by atoms with Gasteiger partial charge < -0.3 is 15.0 Å². The Morgan fingerprint density at radius 3 is 2.74 bits per heavy atom. The second-order valence-electron chi connectivity index (χ2n) is 5.10. The van der Waals surface area contributed by atoms with E-state index >= 15 is 0 Å². The van der Waals surface area contributed by atoms with Crippen LogP contribution in [0.2, 0.25) is 0 Å². The number of aliphatic hydroxyl groups excluding tert-OH is 1. The highest BCUT2D eigenvalue weighted by Gasteiger charge is 2.04. The van der Waals surface area contributed by atoms with Gasteiger partial charge in [-0.15, -0.1) is 0 Å². The first-order valence-corrected chi connectivity index (χ1v) is 7.17. The lowest BCUT2D eigenvalue weighted by atomic mass is 10.1. The summed E-state index contributed by atoms with van der Waals surface area (Å²) in [4.78, 5) is 0. The fourth-order valence-corrected chi connectivity index (χ4v) is 2.50. The van der Waals surface area contributed by atoms with E-state index in [-0.39, 0.29) is 0 Å². The van der Waals surface area contributed by atoms with Crippen molar-refractivity contribution in [2.45, 2.75) is 32.2 Å². The number of aryl methyl sites for hydroxylation is 1. The van der Waals surface area contributed by atoms with Crippen LogP contribution < -0.4 is 5.32 Å². The van der Waals surface area contributed by atoms with Gasteiger partial charge in [0, 0.05) is 37.3 Å². The van der Waals surface area contributed by atoms with Gasteiger partial charge in [0.05, 0.1) is 0 Å². The Balaban J connectivity index is 1.79. The van der Waals surface area contributed by atoms with Crippen molar-refractivity contribution >= 4 is 10.9 Å². The number of aliphatic hydroxyl groups is 1. The molecule has 0 fully saturated rings. The van der Waals surface area contributed by atoms with Crippen LogP contribution in [0.5, 0.6) is 0 Å². The van der Waals surface area contributed by atoms with E-state index in [9.17, 15) is 0 Å². The van der Waals surface area contributed by atoms with E-state index in [1.54, 1.807) is 0 Å². The lowest BCUT2D eigenvalue weighted by Gasteiger charge is -2.03. The average molecular weight is 260 g/mol. The largest absolute Gasteiger partial charge is 0.396 e. The third kappa shape index (κ3) is 3.82. The first-order valence-electron chi connectivity index (χ1n) is 7.17. The van der Waals surface area contributed by atoms with Gasteiger partial charge in [0.2, 0.25) is 0 Å². The van der Waals surface area contributed by atoms with Crippen LogP contribution in [0.25, 0.3) is 10.9 Å². The van der Waals surface area contributed by atoms with Gasteiger partial charge in [0.15, 0.2) is 0 Å². The Kier molecular flexibility index (Phi) is 5.43. The number of para-hydroxylation sites is 1. The van der Waals surface area contributed by atoms with E-state index in [0.717, 1.165) is 25.9 Å². The molecule has 0 aliphatic rings. The molecular weight excluding hydrogens is 236 g/mol. The number of aromatic nitrogens is 1. The highest BCUT2D eigenvalue weighted by molar-refractivity contribution is 5.83. The first kappa shape index (κ1) is 14.1. The molecule has 0 aliphatic heterocycles. The maximum absolute atomic E-state index is 8.70. The van der Waals surface area contributed by atoms with Crippen LogP contribution in [0.1, 0.15) is 31.2 Å². The monoisotopic (exact) mass is 260 g/mol. The smallest absolute Gasteiger partial charge is 0.0481 e. The van der Waals surface area contributed by atoms with E-state index in [4.69, 9.17) is 5.11 Å². The molecule has 0 aliphatic carbocycles. The molecule has 2 N–H and O–H groups in total. The number of hydrogen-bond acceptors (Lipinski definition) is 2. The van der Waals surface area contributed by atoms with Crippen LogP contribution in [0.4, 0.5) is 0 Å². The van der Waals surface area contributed by atoms with Gasteiger partial charge >= 0.3 is 0 Å². The van der Waals surface area contributed by atoms with Gasteiger partial charge in [-0.2, -0.15) is 0 Å². The molecule has 104 valence electrons. The summed E-state index contributed by atoms with van der Waals surface area (Å²) in [6, 6.07) is 8.53. The first-order chi connectivity index (χ1) is 9.33. The predicted molar refractivity (Wildman–Crippen MR) is 80.2 cm³/mol. The molecule has 2 aromatic rings. The normalized spacial score (nSPS) is 11.3. The second-order valence-corrected chi connectivity index (χ2v) is 5.10. The zero-order valence-electron chi connectivity index (χ0n) is 11.7. The van der Waals surface area contributed by atoms with Gasteiger partial charge in [-0.3, -0.25) is 0 Å². The maximum atomic E-state index is 8.70. The summed E-state index contributed by atoms with van der Waals surface area (Å²) in [7, 11) is 2.10. The van der Waals surface area contributed by atoms with Crippen molar-refractivity contribution < 1.29 is 5.11 Å². The number of nitrogens with one attached hydrogen (secondary N) is 1. The number of hydrogen-bond donors (Lipinski definition) is 2. The molecule has 0 bridgehead atoms. The number of unbranched alkanes of at least 4 members (excludes halogenated alkanes) is 3. The standard InChI is InChI=1S/C16H24N2O/c1-18-13-14(15-8-4-5-9-16(15)18)12-17-10-6-2-3-7-11-19/h4-5,8-9,13,17,19H,2-3,6-7,10-12H2,1H3. The fraction of sp³-hybridized carbons (Fsp3) is 0.500. The second kappa shape index (κ2) is 7.31. The summed E-state index contributed by atoms with van der Waals surface area (Å²) >= 11 is 0. The van der Waals surface area contributed by atoms with Crippen LogP contribution in [0, 0.1) is 0 Å². The van der Waals surface area contributed by atoms with Crippen molar-refractivity contribution in [1.29, 1.82) is 0 Å². The van der Waals surface area contributed by atoms with E-state index in [1.165, 1.54) is 29.3 Å². The topological polar surface area (TPSA) is 37.2 Å². The van der Waals surface area contributed by atoms with Crippen molar-refractivity contribution in [2.24, 2.45) is 7.05 Å². The summed E-state index contributed by atoms with van der Waals surface area (Å²) < 4.78 is 2.19. The molecule has 0 amide bonds. The minimum absolute atomic E-state index is 0.323. The lowest BCUT2D eigenvalue weighted by Crippen LogP contribution is -2.14. The van der Waals surface area contributed by atoms with E-state index in [2.05, 4.69) is 47.4 Å². The van der Waals surface area contributed by atoms with E-state index in [1.807, 2.05) is 0 Å². The highest BCUT2D eigenvalue weighted by Crippen LogP contribution is 2.19. The Morgan fingerprint density at radius 2 is 1.89 bits per heavy atom. The van der Waals surface area contributed by atoms with Crippen molar-refractivity contribution in [2.75, 3.05) is 13.2 Å². The molecule has 1 heterocycles. The van der Waals surface area contributed by atoms with E-state index in [0.29, 0.717) is 6.61 Å². The molecule has 0 spiro atoms. The molecule has 3 nitrogen and oxygen atoms in total. The SMILES string of the molecule is Cn1cc(CNCCCCCCO)c2ccccc21. The molecule has 3 heteroatoms. The van der Waals surface area contributed by atoms with Crippen LogP contribution >= 0.6 is 0 Å². The van der Waals surface area contributed by atoms with Crippen LogP contribution in [-0.4, -0.2) is 22.8 Å². The summed E-state index contributed by atoms with van der Waals surface area (Å²) in [6.45, 7) is 2.30. The zero-order chi connectivity index (χ0) is 13.5. The van der Waals surface area contributed by atoms with E-state index < -0.39 is 0 Å². The molecule has 0 radical (unpaired) electrons. The third-order valence-corrected chi connectivity index (χ3v) is 3.56. The Morgan fingerprint density at radius 1 is 1.11 bits per heavy atom. The molecule has 0 unspecified atom stereocenters. The minimum atomic E-state index is 0.323. The van der Waals surface area contributed by atoms with Crippen molar-refractivity contribution in [3.63, 3.8) is 0 Å². The average Bonchev–Trinajstić information content (AvgIpc) is 2.75. The Hall–Kier alpha value is -1.32. The summed E-state index contributed by atoms with van der Waals surface area (Å²) in [6.07, 6.45) is 6.66. The molecule has 1 aromatic carbocycles. The predicted octanol–water partition coefficient (Wildman–Crippen LogP) is 2.82. The lowest BCUT2D eigenvalue weighted by molar-refractivity contribution is 0.282. The summed E-state index contributed by atoms with van der Waals surface area (Å²) in [5.74, 6) is 0. The molecule has 1 aromatic heterocycles. The molecule has 0 saturated carbocycles. The quantitative estimate of drug-likeness (QED) is 0.716. The maximum Gasteiger partial charge on any atom is 0.0481 e.